The zero-order chi connectivity index (χ0) is 24.1. The first-order valence-corrected chi connectivity index (χ1v) is 11.6. The van der Waals surface area contributed by atoms with E-state index < -0.39 is 5.91 Å². The van der Waals surface area contributed by atoms with Crippen LogP contribution < -0.4 is 14.8 Å². The molecule has 6 nitrogen and oxygen atoms in total. The third kappa shape index (κ3) is 5.80. The van der Waals surface area contributed by atoms with Gasteiger partial charge < -0.3 is 14.8 Å². The molecule has 9 heteroatoms. The average Bonchev–Trinajstić information content (AvgIpc) is 3.18. The van der Waals surface area contributed by atoms with E-state index in [-0.39, 0.29) is 17.7 Å². The van der Waals surface area contributed by atoms with Gasteiger partial charge in [-0.1, -0.05) is 53.5 Å². The Labute approximate surface area is 210 Å². The predicted molar refractivity (Wildman–Crippen MR) is 136 cm³/mol. The zero-order valence-electron chi connectivity index (χ0n) is 17.9. The lowest BCUT2D eigenvalue weighted by molar-refractivity contribution is -0.115. The highest BCUT2D eigenvalue weighted by Crippen LogP contribution is 2.32. The van der Waals surface area contributed by atoms with E-state index in [9.17, 15) is 9.59 Å². The molecule has 0 aromatic heterocycles. The third-order valence-corrected chi connectivity index (χ3v) is 6.39. The number of hydrogen-bond donors (Lipinski definition) is 1. The van der Waals surface area contributed by atoms with Crippen LogP contribution in [0.4, 0.5) is 0 Å². The van der Waals surface area contributed by atoms with Gasteiger partial charge in [-0.05, 0) is 65.4 Å². The van der Waals surface area contributed by atoms with E-state index in [4.69, 9.17) is 32.7 Å². The fourth-order valence-corrected chi connectivity index (χ4v) is 4.19. The van der Waals surface area contributed by atoms with Crippen molar-refractivity contribution in [2.24, 2.45) is 4.99 Å². The van der Waals surface area contributed by atoms with Crippen LogP contribution >= 0.6 is 35.0 Å². The Balaban J connectivity index is 1.47. The fourth-order valence-electron chi connectivity index (χ4n) is 3.05. The van der Waals surface area contributed by atoms with Crippen molar-refractivity contribution < 1.29 is 19.1 Å². The van der Waals surface area contributed by atoms with Crippen LogP contribution in [-0.4, -0.2) is 24.1 Å². The Morgan fingerprint density at radius 2 is 1.82 bits per heavy atom. The van der Waals surface area contributed by atoms with Crippen LogP contribution in [0.1, 0.15) is 21.5 Å². The summed E-state index contributed by atoms with van der Waals surface area (Å²) in [6, 6.07) is 19.3. The molecule has 0 radical (unpaired) electrons. The van der Waals surface area contributed by atoms with E-state index in [0.717, 1.165) is 22.9 Å². The Kier molecular flexibility index (Phi) is 7.57. The fraction of sp³-hybridized carbons (Fsp3) is 0.0800. The van der Waals surface area contributed by atoms with E-state index in [1.165, 1.54) is 7.11 Å². The van der Waals surface area contributed by atoms with Gasteiger partial charge in [0, 0.05) is 5.56 Å². The first-order chi connectivity index (χ1) is 16.4. The van der Waals surface area contributed by atoms with Gasteiger partial charge in [-0.2, -0.15) is 4.99 Å². The van der Waals surface area contributed by atoms with E-state index in [1.54, 1.807) is 60.7 Å². The molecule has 2 amide bonds. The van der Waals surface area contributed by atoms with Gasteiger partial charge in [-0.15, -0.1) is 0 Å². The van der Waals surface area contributed by atoms with Gasteiger partial charge in [0.2, 0.25) is 0 Å². The minimum atomic E-state index is -0.421. The van der Waals surface area contributed by atoms with Crippen LogP contribution in [0, 0.1) is 0 Å². The van der Waals surface area contributed by atoms with Gasteiger partial charge in [0.25, 0.3) is 11.8 Å². The highest BCUT2D eigenvalue weighted by Gasteiger charge is 2.25. The predicted octanol–water partition coefficient (Wildman–Crippen LogP) is 5.98. The molecule has 0 aliphatic carbocycles. The number of carbonyl (C=O) groups excluding carboxylic acids is 2. The summed E-state index contributed by atoms with van der Waals surface area (Å²) < 4.78 is 11.3. The number of aliphatic imine (C=N–C) groups is 1. The van der Waals surface area contributed by atoms with Gasteiger partial charge in [0.15, 0.2) is 16.7 Å². The number of hydrogen-bond acceptors (Lipinski definition) is 5. The number of nitrogens with zero attached hydrogens (tertiary/aromatic N) is 1. The average molecular weight is 513 g/mol. The maximum atomic E-state index is 12.4. The van der Waals surface area contributed by atoms with Crippen molar-refractivity contribution in [2.45, 2.75) is 6.61 Å². The van der Waals surface area contributed by atoms with Crippen molar-refractivity contribution in [1.82, 2.24) is 5.32 Å². The monoisotopic (exact) mass is 512 g/mol. The first kappa shape index (κ1) is 23.9. The quantitative estimate of drug-likeness (QED) is 0.411. The van der Waals surface area contributed by atoms with Crippen LogP contribution in [0.25, 0.3) is 6.08 Å². The Morgan fingerprint density at radius 1 is 1.03 bits per heavy atom. The van der Waals surface area contributed by atoms with Crippen LogP contribution in [0.5, 0.6) is 11.5 Å². The molecule has 3 aromatic carbocycles. The molecule has 3 aromatic rings. The molecular formula is C25H18Cl2N2O4S. The van der Waals surface area contributed by atoms with Crippen LogP contribution in [0.2, 0.25) is 10.0 Å². The lowest BCUT2D eigenvalue weighted by atomic mass is 10.2. The summed E-state index contributed by atoms with van der Waals surface area (Å²) in [7, 11) is 1.54. The number of thioether (sulfide) groups is 1. The van der Waals surface area contributed by atoms with Crippen LogP contribution in [0.15, 0.2) is 76.6 Å². The van der Waals surface area contributed by atoms with E-state index >= 15 is 0 Å². The first-order valence-electron chi connectivity index (χ1n) is 10.1. The van der Waals surface area contributed by atoms with Crippen molar-refractivity contribution in [3.63, 3.8) is 0 Å². The number of carbonyl (C=O) groups is 2. The molecular weight excluding hydrogens is 495 g/mol. The molecule has 0 spiro atoms. The van der Waals surface area contributed by atoms with E-state index in [0.29, 0.717) is 32.0 Å². The summed E-state index contributed by atoms with van der Waals surface area (Å²) in [6.07, 6.45) is 1.70. The number of benzene rings is 3. The maximum absolute atomic E-state index is 12.4. The van der Waals surface area contributed by atoms with Crippen molar-refractivity contribution in [3.8, 4) is 11.5 Å². The Morgan fingerprint density at radius 3 is 2.56 bits per heavy atom. The summed E-state index contributed by atoms with van der Waals surface area (Å²) in [4.78, 5) is 29.1. The minimum Gasteiger partial charge on any atom is -0.493 e. The summed E-state index contributed by atoms with van der Waals surface area (Å²) in [5.74, 6) is 0.291. The molecule has 0 atom stereocenters. The topological polar surface area (TPSA) is 77.0 Å². The second-order valence-electron chi connectivity index (χ2n) is 7.10. The van der Waals surface area contributed by atoms with Gasteiger partial charge in [0.05, 0.1) is 22.1 Å². The number of methoxy groups -OCH3 is 1. The highest BCUT2D eigenvalue weighted by molar-refractivity contribution is 8.18. The van der Waals surface area contributed by atoms with Crippen molar-refractivity contribution in [1.29, 1.82) is 0 Å². The van der Waals surface area contributed by atoms with Gasteiger partial charge in [0.1, 0.15) is 6.61 Å². The molecule has 1 aliphatic heterocycles. The number of halogens is 2. The number of nitrogens with one attached hydrogen (secondary N) is 1. The lowest BCUT2D eigenvalue weighted by Crippen LogP contribution is -2.20. The molecule has 0 unspecified atom stereocenters. The molecule has 1 aliphatic rings. The van der Waals surface area contributed by atoms with Gasteiger partial charge in [-0.25, -0.2) is 0 Å². The minimum absolute atomic E-state index is 0.235. The smallest absolute Gasteiger partial charge is 0.279 e. The van der Waals surface area contributed by atoms with Crippen molar-refractivity contribution >= 4 is 58.0 Å². The number of ether oxygens (including phenoxy) is 2. The molecule has 0 saturated carbocycles. The maximum Gasteiger partial charge on any atom is 0.279 e. The lowest BCUT2D eigenvalue weighted by Gasteiger charge is -2.12. The van der Waals surface area contributed by atoms with E-state index in [2.05, 4.69) is 10.3 Å². The van der Waals surface area contributed by atoms with Crippen molar-refractivity contribution in [2.75, 3.05) is 7.11 Å². The van der Waals surface area contributed by atoms with E-state index in [1.807, 2.05) is 12.1 Å². The number of rotatable bonds is 6. The standard InChI is InChI=1S/C25H18Cl2N2O4S/c1-32-21-12-15(8-10-20(21)33-14-16-7-9-18(26)19(27)11-16)13-22-24(31)29-25(34-22)28-23(30)17-5-3-2-4-6-17/h2-13H,14H2,1H3,(H,28,29,30,31)/b22-13-. The Hall–Kier alpha value is -3.26. The summed E-state index contributed by atoms with van der Waals surface area (Å²) in [6.45, 7) is 0.279. The second-order valence-corrected chi connectivity index (χ2v) is 8.95. The molecule has 34 heavy (non-hydrogen) atoms. The molecule has 0 bridgehead atoms. The number of amidine groups is 1. The van der Waals surface area contributed by atoms with Crippen LogP contribution in [-0.2, 0) is 11.4 Å². The zero-order valence-corrected chi connectivity index (χ0v) is 20.2. The van der Waals surface area contributed by atoms with Crippen molar-refractivity contribution in [3.05, 3.63) is 98.4 Å². The molecule has 4 rings (SSSR count). The summed E-state index contributed by atoms with van der Waals surface area (Å²) in [5, 5.41) is 3.79. The molecule has 1 saturated heterocycles. The number of amides is 2. The normalized spacial score (nSPS) is 15.4. The van der Waals surface area contributed by atoms with Gasteiger partial charge >= 0.3 is 0 Å². The Bertz CT molecular complexity index is 1310. The summed E-state index contributed by atoms with van der Waals surface area (Å²) in [5.41, 5.74) is 2.04. The highest BCUT2D eigenvalue weighted by atomic mass is 35.5. The summed E-state index contributed by atoms with van der Waals surface area (Å²) >= 11 is 13.1. The molecule has 1 N–H and O–H groups in total. The molecule has 1 fully saturated rings. The third-order valence-electron chi connectivity index (χ3n) is 4.74. The SMILES string of the molecule is COc1cc(/C=C2\SC(=NC(=O)c3ccccc3)NC2=O)ccc1OCc1ccc(Cl)c(Cl)c1. The van der Waals surface area contributed by atoms with Crippen LogP contribution in [0.3, 0.4) is 0 Å². The van der Waals surface area contributed by atoms with Gasteiger partial charge in [-0.3, -0.25) is 9.59 Å². The second kappa shape index (κ2) is 10.8. The molecule has 172 valence electrons. The largest absolute Gasteiger partial charge is 0.493 e. The molecule has 1 heterocycles.